The predicted molar refractivity (Wildman–Crippen MR) is 58.3 cm³/mol. The molecule has 0 aliphatic rings. The Labute approximate surface area is 95.4 Å². The van der Waals surface area contributed by atoms with Crippen LogP contribution in [0.25, 0.3) is 0 Å². The molecular weight excluding hydrogens is 262 g/mol. The Morgan fingerprint density at radius 2 is 2.27 bits per heavy atom. The zero-order chi connectivity index (χ0) is 11.3. The van der Waals surface area contributed by atoms with Crippen LogP contribution in [0.15, 0.2) is 22.9 Å². The average molecular weight is 272 g/mol. The summed E-state index contributed by atoms with van der Waals surface area (Å²) in [5, 5.41) is 4.89. The summed E-state index contributed by atoms with van der Waals surface area (Å²) in [4.78, 5) is 26.2. The number of aromatic nitrogens is 1. The van der Waals surface area contributed by atoms with Crippen LogP contribution in [0.3, 0.4) is 0 Å². The van der Waals surface area contributed by atoms with Crippen LogP contribution in [0.4, 0.5) is 0 Å². The monoisotopic (exact) mass is 271 g/mol. The van der Waals surface area contributed by atoms with Crippen LogP contribution < -0.4 is 10.6 Å². The molecule has 1 rings (SSSR count). The second-order valence-corrected chi connectivity index (χ2v) is 3.54. The molecule has 1 aromatic heterocycles. The minimum atomic E-state index is -0.304. The molecule has 0 atom stereocenters. The molecule has 6 heteroatoms. The fraction of sp³-hybridized carbons (Fsp3) is 0.222. The summed E-state index contributed by atoms with van der Waals surface area (Å²) in [5.41, 5.74) is 0.459. The maximum atomic E-state index is 11.5. The van der Waals surface area contributed by atoms with Gasteiger partial charge < -0.3 is 10.6 Å². The number of carbonyl (C=O) groups is 2. The highest BCUT2D eigenvalue weighted by molar-refractivity contribution is 9.10. The van der Waals surface area contributed by atoms with Crippen molar-refractivity contribution in [3.05, 3.63) is 28.5 Å². The van der Waals surface area contributed by atoms with E-state index in [2.05, 4.69) is 31.5 Å². The van der Waals surface area contributed by atoms with Gasteiger partial charge in [0.05, 0.1) is 6.54 Å². The maximum Gasteiger partial charge on any atom is 0.251 e. The van der Waals surface area contributed by atoms with E-state index in [1.165, 1.54) is 13.2 Å². The third kappa shape index (κ3) is 3.67. The van der Waals surface area contributed by atoms with E-state index >= 15 is 0 Å². The van der Waals surface area contributed by atoms with Crippen molar-refractivity contribution in [2.45, 2.75) is 0 Å². The number of nitrogens with one attached hydrogen (secondary N) is 2. The van der Waals surface area contributed by atoms with Gasteiger partial charge in [0.2, 0.25) is 5.91 Å². The highest BCUT2D eigenvalue weighted by Crippen LogP contribution is 2.07. The SMILES string of the molecule is CNC(=O)CNC(=O)c1ccnc(Br)c1. The second kappa shape index (κ2) is 5.45. The molecule has 0 aromatic carbocycles. The molecule has 0 unspecified atom stereocenters. The van der Waals surface area contributed by atoms with E-state index in [0.29, 0.717) is 10.2 Å². The highest BCUT2D eigenvalue weighted by atomic mass is 79.9. The van der Waals surface area contributed by atoms with Crippen molar-refractivity contribution < 1.29 is 9.59 Å². The Kier molecular flexibility index (Phi) is 4.23. The fourth-order valence-electron chi connectivity index (χ4n) is 0.895. The Morgan fingerprint density at radius 3 is 2.87 bits per heavy atom. The Morgan fingerprint density at radius 1 is 1.53 bits per heavy atom. The van der Waals surface area contributed by atoms with Crippen LogP contribution >= 0.6 is 15.9 Å². The zero-order valence-electron chi connectivity index (χ0n) is 8.08. The number of pyridine rings is 1. The van der Waals surface area contributed by atoms with Crippen LogP contribution in [0.1, 0.15) is 10.4 Å². The lowest BCUT2D eigenvalue weighted by Crippen LogP contribution is -2.35. The summed E-state index contributed by atoms with van der Waals surface area (Å²) in [6.07, 6.45) is 1.51. The molecule has 0 saturated heterocycles. The molecule has 0 radical (unpaired) electrons. The van der Waals surface area contributed by atoms with E-state index in [9.17, 15) is 9.59 Å². The average Bonchev–Trinajstić information content (AvgIpc) is 2.25. The van der Waals surface area contributed by atoms with Gasteiger partial charge in [0.25, 0.3) is 5.91 Å². The second-order valence-electron chi connectivity index (χ2n) is 2.72. The molecule has 1 aromatic rings. The number of carbonyl (C=O) groups excluding carboxylic acids is 2. The normalized spacial score (nSPS) is 9.47. The van der Waals surface area contributed by atoms with Crippen LogP contribution in [-0.4, -0.2) is 30.4 Å². The predicted octanol–water partition coefficient (Wildman–Crippen LogP) is 0.320. The molecule has 2 N–H and O–H groups in total. The Balaban J connectivity index is 2.58. The lowest BCUT2D eigenvalue weighted by Gasteiger charge is -2.03. The number of halogens is 1. The Bertz CT molecular complexity index is 381. The van der Waals surface area contributed by atoms with Gasteiger partial charge in [-0.2, -0.15) is 0 Å². The van der Waals surface area contributed by atoms with Gasteiger partial charge in [-0.1, -0.05) is 0 Å². The molecule has 15 heavy (non-hydrogen) atoms. The van der Waals surface area contributed by atoms with Gasteiger partial charge in [0.15, 0.2) is 0 Å². The third-order valence-corrected chi connectivity index (χ3v) is 2.11. The highest BCUT2D eigenvalue weighted by Gasteiger charge is 2.07. The van der Waals surface area contributed by atoms with E-state index in [1.54, 1.807) is 12.1 Å². The summed E-state index contributed by atoms with van der Waals surface area (Å²) in [6.45, 7) is -0.0325. The van der Waals surface area contributed by atoms with Crippen molar-refractivity contribution >= 4 is 27.7 Å². The number of rotatable bonds is 3. The molecule has 0 aliphatic heterocycles. The Hall–Kier alpha value is -1.43. The van der Waals surface area contributed by atoms with Crippen LogP contribution in [0.5, 0.6) is 0 Å². The number of likely N-dealkylation sites (N-methyl/N-ethyl adjacent to an activating group) is 1. The first-order valence-corrected chi connectivity index (χ1v) is 5.03. The van der Waals surface area contributed by atoms with Crippen LogP contribution in [0.2, 0.25) is 0 Å². The summed E-state index contributed by atoms with van der Waals surface area (Å²) < 4.78 is 0.579. The van der Waals surface area contributed by atoms with Gasteiger partial charge >= 0.3 is 0 Å². The van der Waals surface area contributed by atoms with Crippen molar-refractivity contribution in [1.82, 2.24) is 15.6 Å². The zero-order valence-corrected chi connectivity index (χ0v) is 9.67. The molecule has 80 valence electrons. The maximum absolute atomic E-state index is 11.5. The molecule has 0 aliphatic carbocycles. The quantitative estimate of drug-likeness (QED) is 0.778. The smallest absolute Gasteiger partial charge is 0.251 e. The first-order valence-electron chi connectivity index (χ1n) is 4.24. The lowest BCUT2D eigenvalue weighted by atomic mass is 10.2. The molecule has 0 fully saturated rings. The van der Waals surface area contributed by atoms with E-state index in [-0.39, 0.29) is 18.4 Å². The minimum absolute atomic E-state index is 0.0325. The standard InChI is InChI=1S/C9H10BrN3O2/c1-11-8(14)5-13-9(15)6-2-3-12-7(10)4-6/h2-4H,5H2,1H3,(H,11,14)(H,13,15). The van der Waals surface area contributed by atoms with E-state index in [4.69, 9.17) is 0 Å². The summed E-state index contributed by atoms with van der Waals surface area (Å²) in [7, 11) is 1.51. The largest absolute Gasteiger partial charge is 0.358 e. The number of hydrogen-bond acceptors (Lipinski definition) is 3. The van der Waals surface area contributed by atoms with Gasteiger partial charge in [0.1, 0.15) is 4.60 Å². The first kappa shape index (κ1) is 11.6. The molecule has 0 saturated carbocycles. The van der Waals surface area contributed by atoms with Gasteiger partial charge in [-0.3, -0.25) is 9.59 Å². The van der Waals surface area contributed by atoms with Crippen molar-refractivity contribution in [3.63, 3.8) is 0 Å². The topological polar surface area (TPSA) is 71.1 Å². The van der Waals surface area contributed by atoms with Gasteiger partial charge in [-0.15, -0.1) is 0 Å². The summed E-state index contributed by atoms with van der Waals surface area (Å²) >= 11 is 3.15. The minimum Gasteiger partial charge on any atom is -0.358 e. The van der Waals surface area contributed by atoms with E-state index in [1.807, 2.05) is 0 Å². The van der Waals surface area contributed by atoms with Crippen molar-refractivity contribution in [2.24, 2.45) is 0 Å². The van der Waals surface area contributed by atoms with Gasteiger partial charge in [-0.25, -0.2) is 4.98 Å². The lowest BCUT2D eigenvalue weighted by molar-refractivity contribution is -0.119. The number of amides is 2. The molecule has 1 heterocycles. The van der Waals surface area contributed by atoms with Crippen molar-refractivity contribution in [1.29, 1.82) is 0 Å². The molecule has 2 amide bonds. The van der Waals surface area contributed by atoms with Crippen molar-refractivity contribution in [2.75, 3.05) is 13.6 Å². The van der Waals surface area contributed by atoms with Gasteiger partial charge in [0, 0.05) is 18.8 Å². The van der Waals surface area contributed by atoms with Crippen molar-refractivity contribution in [3.8, 4) is 0 Å². The fourth-order valence-corrected chi connectivity index (χ4v) is 1.26. The molecular formula is C9H10BrN3O2. The molecule has 5 nitrogen and oxygen atoms in total. The molecule has 0 spiro atoms. The summed E-state index contributed by atoms with van der Waals surface area (Å²) in [6, 6.07) is 3.16. The van der Waals surface area contributed by atoms with E-state index < -0.39 is 0 Å². The van der Waals surface area contributed by atoms with Gasteiger partial charge in [-0.05, 0) is 28.1 Å². The van der Waals surface area contributed by atoms with Crippen LogP contribution in [0, 0.1) is 0 Å². The number of hydrogen-bond donors (Lipinski definition) is 2. The summed E-state index contributed by atoms with van der Waals surface area (Å²) in [5.74, 6) is -0.543. The number of nitrogens with zero attached hydrogens (tertiary/aromatic N) is 1. The van der Waals surface area contributed by atoms with E-state index in [0.717, 1.165) is 0 Å². The molecule has 0 bridgehead atoms. The third-order valence-electron chi connectivity index (χ3n) is 1.68. The first-order chi connectivity index (χ1) is 7.13. The van der Waals surface area contributed by atoms with Crippen LogP contribution in [-0.2, 0) is 4.79 Å².